The van der Waals surface area contributed by atoms with Crippen LogP contribution in [0.3, 0.4) is 0 Å². The molecule has 156 valence electrons. The largest absolute Gasteiger partial charge is 0.506 e. The quantitative estimate of drug-likeness (QED) is 0.380. The van der Waals surface area contributed by atoms with Crippen molar-refractivity contribution in [1.29, 1.82) is 5.26 Å². The molecule has 1 atom stereocenters. The molecule has 2 fully saturated rings. The molecule has 3 N–H and O–H groups in total. The van der Waals surface area contributed by atoms with E-state index < -0.39 is 34.4 Å². The average Bonchev–Trinajstić information content (AvgIpc) is 2.90. The summed E-state index contributed by atoms with van der Waals surface area (Å²) in [5, 5.41) is 19.0. The lowest BCUT2D eigenvalue weighted by Crippen LogP contribution is -2.55. The third-order valence-corrected chi connectivity index (χ3v) is 6.04. The highest BCUT2D eigenvalue weighted by Gasteiger charge is 2.60. The monoisotopic (exact) mass is 435 g/mol. The normalized spacial score (nSPS) is 20.4. The molecule has 1 spiro atoms. The summed E-state index contributed by atoms with van der Waals surface area (Å²) in [7, 11) is 0. The van der Waals surface area contributed by atoms with E-state index in [-0.39, 0.29) is 17.1 Å². The molecule has 7 nitrogen and oxygen atoms in total. The molecular weight excluding hydrogens is 419 g/mol. The Balaban J connectivity index is 1.82. The molecule has 1 saturated carbocycles. The van der Waals surface area contributed by atoms with E-state index in [1.165, 1.54) is 18.2 Å². The summed E-state index contributed by atoms with van der Waals surface area (Å²) in [6, 6.07) is 6.66. The second-order valence-electron chi connectivity index (χ2n) is 7.22. The maximum absolute atomic E-state index is 13.4. The van der Waals surface area contributed by atoms with Gasteiger partial charge in [0, 0.05) is 11.8 Å². The predicted octanol–water partition coefficient (Wildman–Crippen LogP) is 3.25. The number of amides is 1. The van der Waals surface area contributed by atoms with E-state index in [0.29, 0.717) is 18.5 Å². The van der Waals surface area contributed by atoms with Crippen molar-refractivity contribution in [2.24, 2.45) is 0 Å². The van der Waals surface area contributed by atoms with Crippen molar-refractivity contribution in [2.75, 3.05) is 15.5 Å². The number of anilines is 3. The molecule has 1 amide bonds. The highest BCUT2D eigenvalue weighted by Crippen LogP contribution is 2.51. The standard InChI is InChI=1S/C19H16F3N5O2S/c20-19(21,22)12-6-11(9-25-14(12)8-23)26-16(29)18(4-1-5-18)27(17(26)30)10-2-3-13(24)15(28)7-10/h2-3,6-7,9,17,28,30H,1,4-5,24H2. The second-order valence-corrected chi connectivity index (χ2v) is 7.68. The number of nitrogen functional groups attached to an aromatic ring is 1. The number of pyridine rings is 1. The van der Waals surface area contributed by atoms with Gasteiger partial charge in [0.2, 0.25) is 0 Å². The van der Waals surface area contributed by atoms with Crippen molar-refractivity contribution in [3.8, 4) is 11.8 Å². The third kappa shape index (κ3) is 2.82. The van der Waals surface area contributed by atoms with E-state index in [1.807, 2.05) is 0 Å². The first-order valence-corrected chi connectivity index (χ1v) is 9.49. The average molecular weight is 435 g/mol. The van der Waals surface area contributed by atoms with Crippen molar-refractivity contribution in [3.63, 3.8) is 0 Å². The number of phenolic OH excluding ortho intramolecular Hbond substituents is 1. The van der Waals surface area contributed by atoms with Crippen LogP contribution >= 0.6 is 12.6 Å². The number of carbonyl (C=O) groups excluding carboxylic acids is 1. The maximum atomic E-state index is 13.4. The van der Waals surface area contributed by atoms with Gasteiger partial charge in [0.25, 0.3) is 5.91 Å². The van der Waals surface area contributed by atoms with E-state index in [2.05, 4.69) is 17.6 Å². The summed E-state index contributed by atoms with van der Waals surface area (Å²) in [5.74, 6) is -0.586. The van der Waals surface area contributed by atoms with Crippen LogP contribution in [0.5, 0.6) is 5.75 Å². The fourth-order valence-electron chi connectivity index (χ4n) is 3.94. The van der Waals surface area contributed by atoms with Crippen molar-refractivity contribution in [3.05, 3.63) is 41.7 Å². The first kappa shape index (κ1) is 20.2. The Morgan fingerprint density at radius 3 is 2.53 bits per heavy atom. The zero-order valence-electron chi connectivity index (χ0n) is 15.4. The number of nitrogens with zero attached hydrogens (tertiary/aromatic N) is 4. The zero-order chi connectivity index (χ0) is 21.8. The second kappa shape index (κ2) is 6.70. The SMILES string of the molecule is N#Cc1ncc(N2C(=O)C3(CCC3)N(c3ccc(N)c(O)c3)C2S)cc1C(F)(F)F. The molecule has 1 aromatic heterocycles. The van der Waals surface area contributed by atoms with Gasteiger partial charge in [0.15, 0.2) is 11.2 Å². The van der Waals surface area contributed by atoms with Gasteiger partial charge in [-0.15, -0.1) is 12.6 Å². The summed E-state index contributed by atoms with van der Waals surface area (Å²) >= 11 is 4.53. The Kier molecular flexibility index (Phi) is 4.50. The van der Waals surface area contributed by atoms with Gasteiger partial charge in [-0.1, -0.05) is 0 Å². The van der Waals surface area contributed by atoms with E-state index in [0.717, 1.165) is 23.6 Å². The number of carbonyl (C=O) groups is 1. The number of benzene rings is 1. The molecule has 0 radical (unpaired) electrons. The van der Waals surface area contributed by atoms with Crippen molar-refractivity contribution >= 4 is 35.6 Å². The summed E-state index contributed by atoms with van der Waals surface area (Å²) < 4.78 is 40.2. The fraction of sp³-hybridized carbons (Fsp3) is 0.316. The van der Waals surface area contributed by atoms with Crippen LogP contribution in [0.4, 0.5) is 30.2 Å². The van der Waals surface area contributed by atoms with Crippen LogP contribution in [-0.4, -0.2) is 27.0 Å². The van der Waals surface area contributed by atoms with Crippen LogP contribution in [0.2, 0.25) is 0 Å². The molecule has 1 unspecified atom stereocenters. The van der Waals surface area contributed by atoms with E-state index in [9.17, 15) is 23.1 Å². The molecule has 2 aromatic rings. The lowest BCUT2D eigenvalue weighted by Gasteiger charge is -2.44. The third-order valence-electron chi connectivity index (χ3n) is 5.58. The van der Waals surface area contributed by atoms with Crippen LogP contribution in [0, 0.1) is 11.3 Å². The number of aromatic hydroxyl groups is 1. The van der Waals surface area contributed by atoms with Crippen molar-refractivity contribution < 1.29 is 23.1 Å². The molecule has 1 aromatic carbocycles. The molecule has 1 aliphatic heterocycles. The van der Waals surface area contributed by atoms with Gasteiger partial charge in [0.1, 0.15) is 17.4 Å². The molecule has 0 bridgehead atoms. The summed E-state index contributed by atoms with van der Waals surface area (Å²) in [6.07, 6.45) is -2.01. The molecule has 2 heterocycles. The van der Waals surface area contributed by atoms with Gasteiger partial charge in [-0.25, -0.2) is 4.98 Å². The number of phenols is 1. The Bertz CT molecular complexity index is 1080. The minimum Gasteiger partial charge on any atom is -0.506 e. The van der Waals surface area contributed by atoms with Crippen LogP contribution in [0.1, 0.15) is 30.5 Å². The van der Waals surface area contributed by atoms with E-state index in [1.54, 1.807) is 11.0 Å². The van der Waals surface area contributed by atoms with E-state index >= 15 is 0 Å². The smallest absolute Gasteiger partial charge is 0.419 e. The Hall–Kier alpha value is -3.13. The van der Waals surface area contributed by atoms with E-state index in [4.69, 9.17) is 11.0 Å². The van der Waals surface area contributed by atoms with Gasteiger partial charge in [0.05, 0.1) is 23.1 Å². The summed E-state index contributed by atoms with van der Waals surface area (Å²) in [4.78, 5) is 19.8. The number of halogens is 3. The van der Waals surface area contributed by atoms with Crippen molar-refractivity contribution in [2.45, 2.75) is 36.5 Å². The van der Waals surface area contributed by atoms with Crippen LogP contribution in [0.15, 0.2) is 30.5 Å². The number of aromatic nitrogens is 1. The van der Waals surface area contributed by atoms with Gasteiger partial charge in [-0.2, -0.15) is 18.4 Å². The highest BCUT2D eigenvalue weighted by atomic mass is 32.1. The number of hydrogen-bond acceptors (Lipinski definition) is 7. The summed E-state index contributed by atoms with van der Waals surface area (Å²) in [6.45, 7) is 0. The number of hydrogen-bond donors (Lipinski definition) is 3. The number of alkyl halides is 3. The van der Waals surface area contributed by atoms with Gasteiger partial charge >= 0.3 is 6.18 Å². The fourth-order valence-corrected chi connectivity index (χ4v) is 4.53. The maximum Gasteiger partial charge on any atom is 0.419 e. The molecule has 11 heteroatoms. The van der Waals surface area contributed by atoms with Crippen LogP contribution in [0.25, 0.3) is 0 Å². The van der Waals surface area contributed by atoms with Crippen LogP contribution in [-0.2, 0) is 11.0 Å². The lowest BCUT2D eigenvalue weighted by atomic mass is 9.75. The Morgan fingerprint density at radius 1 is 1.30 bits per heavy atom. The van der Waals surface area contributed by atoms with Crippen LogP contribution < -0.4 is 15.5 Å². The molecule has 4 rings (SSSR count). The molecule has 1 aliphatic carbocycles. The number of nitrogens with two attached hydrogens (primary N) is 1. The lowest BCUT2D eigenvalue weighted by molar-refractivity contribution is -0.138. The molecule has 30 heavy (non-hydrogen) atoms. The Morgan fingerprint density at radius 2 is 2.00 bits per heavy atom. The minimum atomic E-state index is -4.81. The zero-order valence-corrected chi connectivity index (χ0v) is 16.3. The highest BCUT2D eigenvalue weighted by molar-refractivity contribution is 7.81. The van der Waals surface area contributed by atoms with Gasteiger partial charge in [-0.3, -0.25) is 9.69 Å². The Labute approximate surface area is 174 Å². The topological polar surface area (TPSA) is 106 Å². The first-order valence-electron chi connectivity index (χ1n) is 8.97. The van der Waals surface area contributed by atoms with Gasteiger partial charge in [-0.05, 0) is 37.5 Å². The number of thiol groups is 1. The summed E-state index contributed by atoms with van der Waals surface area (Å²) in [5.41, 5.74) is 2.25. The number of nitriles is 1. The first-order chi connectivity index (χ1) is 14.1. The van der Waals surface area contributed by atoms with Gasteiger partial charge < -0.3 is 15.7 Å². The molecular formula is C19H16F3N5O2S. The molecule has 1 saturated heterocycles. The number of rotatable bonds is 2. The minimum absolute atomic E-state index is 0.111. The molecule has 2 aliphatic rings. The predicted molar refractivity (Wildman–Crippen MR) is 106 cm³/mol. The van der Waals surface area contributed by atoms with Crippen molar-refractivity contribution in [1.82, 2.24) is 4.98 Å².